The molecule has 2 aromatic carbocycles. The van der Waals surface area contributed by atoms with Crippen molar-refractivity contribution in [3.05, 3.63) is 87.0 Å². The highest BCUT2D eigenvalue weighted by Crippen LogP contribution is 2.44. The minimum Gasteiger partial charge on any atom is -0.463 e. The van der Waals surface area contributed by atoms with E-state index in [4.69, 9.17) is 15.2 Å². The van der Waals surface area contributed by atoms with Gasteiger partial charge in [0, 0.05) is 15.6 Å². The van der Waals surface area contributed by atoms with Crippen LogP contribution in [-0.2, 0) is 14.3 Å². The molecule has 1 heterocycles. The van der Waals surface area contributed by atoms with Crippen molar-refractivity contribution >= 4 is 27.7 Å². The molecular formula is C21H16BrFN2O3. The van der Waals surface area contributed by atoms with E-state index in [2.05, 4.69) is 15.9 Å². The summed E-state index contributed by atoms with van der Waals surface area (Å²) in [7, 11) is 0. The van der Waals surface area contributed by atoms with Crippen molar-refractivity contribution in [2.24, 2.45) is 5.73 Å². The number of nitriles is 1. The third kappa shape index (κ3) is 3.64. The Morgan fingerprint density at radius 2 is 2.04 bits per heavy atom. The van der Waals surface area contributed by atoms with Gasteiger partial charge in [-0.1, -0.05) is 46.3 Å². The van der Waals surface area contributed by atoms with E-state index in [9.17, 15) is 14.4 Å². The summed E-state index contributed by atoms with van der Waals surface area (Å²) in [6, 6.07) is 15.1. The molecule has 1 atom stereocenters. The third-order valence-corrected chi connectivity index (χ3v) is 4.71. The average molecular weight is 443 g/mol. The van der Waals surface area contributed by atoms with E-state index in [0.29, 0.717) is 10.0 Å². The molecule has 0 saturated carbocycles. The van der Waals surface area contributed by atoms with Crippen LogP contribution in [0.25, 0.3) is 5.76 Å². The molecule has 0 radical (unpaired) electrons. The summed E-state index contributed by atoms with van der Waals surface area (Å²) in [5.74, 6) is -2.39. The zero-order valence-corrected chi connectivity index (χ0v) is 16.5. The molecule has 142 valence electrons. The van der Waals surface area contributed by atoms with Crippen molar-refractivity contribution in [3.63, 3.8) is 0 Å². The number of hydrogen-bond donors (Lipinski definition) is 1. The quantitative estimate of drug-likeness (QED) is 0.710. The second kappa shape index (κ2) is 8.28. The number of benzene rings is 2. The van der Waals surface area contributed by atoms with Crippen molar-refractivity contribution in [3.8, 4) is 6.07 Å². The molecule has 5 nitrogen and oxygen atoms in total. The molecule has 3 rings (SSSR count). The Morgan fingerprint density at radius 1 is 1.32 bits per heavy atom. The van der Waals surface area contributed by atoms with E-state index in [-0.39, 0.29) is 35.0 Å². The first-order valence-electron chi connectivity index (χ1n) is 8.47. The lowest BCUT2D eigenvalue weighted by Gasteiger charge is -2.28. The molecular weight excluding hydrogens is 427 g/mol. The minimum absolute atomic E-state index is 0.0239. The van der Waals surface area contributed by atoms with Gasteiger partial charge in [0.25, 0.3) is 0 Å². The summed E-state index contributed by atoms with van der Waals surface area (Å²) in [6.45, 7) is 1.77. The summed E-state index contributed by atoms with van der Waals surface area (Å²) in [5.41, 5.74) is 6.63. The van der Waals surface area contributed by atoms with E-state index >= 15 is 0 Å². The lowest BCUT2D eigenvalue weighted by atomic mass is 9.81. The number of rotatable bonds is 4. The van der Waals surface area contributed by atoms with Gasteiger partial charge in [0.2, 0.25) is 5.88 Å². The number of esters is 1. The van der Waals surface area contributed by atoms with E-state index in [1.807, 2.05) is 12.1 Å². The number of hydrogen-bond acceptors (Lipinski definition) is 5. The van der Waals surface area contributed by atoms with Crippen LogP contribution in [-0.4, -0.2) is 12.6 Å². The van der Waals surface area contributed by atoms with Crippen molar-refractivity contribution in [2.75, 3.05) is 6.61 Å². The predicted molar refractivity (Wildman–Crippen MR) is 105 cm³/mol. The van der Waals surface area contributed by atoms with Gasteiger partial charge in [-0.2, -0.15) is 5.26 Å². The first kappa shape index (κ1) is 19.6. The Labute approximate surface area is 170 Å². The normalized spacial score (nSPS) is 16.4. The molecule has 1 unspecified atom stereocenters. The van der Waals surface area contributed by atoms with Crippen molar-refractivity contribution in [1.82, 2.24) is 0 Å². The van der Waals surface area contributed by atoms with Gasteiger partial charge in [-0.3, -0.25) is 0 Å². The monoisotopic (exact) mass is 442 g/mol. The fraction of sp³-hybridized carbons (Fsp3) is 0.143. The summed E-state index contributed by atoms with van der Waals surface area (Å²) in [5, 5.41) is 9.66. The van der Waals surface area contributed by atoms with Crippen molar-refractivity contribution in [1.29, 1.82) is 5.26 Å². The standard InChI is InChI=1S/C21H16BrFN2O3/c1-2-27-21(26)18-17(14-10-13(22)8-9-16(14)23)15(11-24)20(25)28-19(18)12-6-4-3-5-7-12/h3-10,17H,2,25H2,1H3. The highest BCUT2D eigenvalue weighted by atomic mass is 79.9. The highest BCUT2D eigenvalue weighted by Gasteiger charge is 2.39. The molecule has 7 heteroatoms. The fourth-order valence-electron chi connectivity index (χ4n) is 3.03. The van der Waals surface area contributed by atoms with E-state index in [0.717, 1.165) is 0 Å². The van der Waals surface area contributed by atoms with Crippen LogP contribution in [0.1, 0.15) is 24.0 Å². The number of nitrogens with zero attached hydrogens (tertiary/aromatic N) is 1. The van der Waals surface area contributed by atoms with Gasteiger partial charge >= 0.3 is 5.97 Å². The largest absolute Gasteiger partial charge is 0.463 e. The first-order chi connectivity index (χ1) is 13.5. The molecule has 0 aliphatic carbocycles. The van der Waals surface area contributed by atoms with Crippen LogP contribution >= 0.6 is 15.9 Å². The van der Waals surface area contributed by atoms with Crippen LogP contribution < -0.4 is 5.73 Å². The number of nitrogens with two attached hydrogens (primary N) is 1. The Kier molecular flexibility index (Phi) is 5.81. The lowest BCUT2D eigenvalue weighted by molar-refractivity contribution is -0.138. The van der Waals surface area contributed by atoms with Gasteiger partial charge in [-0.25, -0.2) is 9.18 Å². The molecule has 2 N–H and O–H groups in total. The van der Waals surface area contributed by atoms with E-state index < -0.39 is 17.7 Å². The van der Waals surface area contributed by atoms with Crippen molar-refractivity contribution in [2.45, 2.75) is 12.8 Å². The number of halogens is 2. The van der Waals surface area contributed by atoms with Gasteiger partial charge in [-0.05, 0) is 25.1 Å². The Morgan fingerprint density at radius 3 is 2.68 bits per heavy atom. The molecule has 0 saturated heterocycles. The molecule has 28 heavy (non-hydrogen) atoms. The molecule has 1 aliphatic heterocycles. The minimum atomic E-state index is -1.06. The lowest BCUT2D eigenvalue weighted by Crippen LogP contribution is -2.26. The predicted octanol–water partition coefficient (Wildman–Crippen LogP) is 4.37. The number of carbonyl (C=O) groups is 1. The van der Waals surface area contributed by atoms with Crippen LogP contribution in [0, 0.1) is 17.1 Å². The molecule has 2 aromatic rings. The topological polar surface area (TPSA) is 85.3 Å². The number of ether oxygens (including phenoxy) is 2. The maximum absolute atomic E-state index is 14.7. The first-order valence-corrected chi connectivity index (χ1v) is 9.26. The third-order valence-electron chi connectivity index (χ3n) is 4.22. The fourth-order valence-corrected chi connectivity index (χ4v) is 3.41. The number of allylic oxidation sites excluding steroid dienone is 1. The van der Waals surface area contributed by atoms with Gasteiger partial charge in [0.05, 0.1) is 18.1 Å². The molecule has 0 amide bonds. The Balaban J connectivity index is 2.33. The van der Waals surface area contributed by atoms with Crippen LogP contribution in [0.2, 0.25) is 0 Å². The summed E-state index contributed by atoms with van der Waals surface area (Å²) in [6.07, 6.45) is 0. The zero-order valence-electron chi connectivity index (χ0n) is 14.9. The maximum atomic E-state index is 14.7. The molecule has 1 aliphatic rings. The molecule has 0 bridgehead atoms. The van der Waals surface area contributed by atoms with Gasteiger partial charge in [-0.15, -0.1) is 0 Å². The molecule has 0 spiro atoms. The Hall–Kier alpha value is -3.11. The van der Waals surface area contributed by atoms with Crippen LogP contribution in [0.15, 0.2) is 70.0 Å². The van der Waals surface area contributed by atoms with E-state index in [1.165, 1.54) is 18.2 Å². The summed E-state index contributed by atoms with van der Waals surface area (Å²) >= 11 is 3.31. The second-order valence-electron chi connectivity index (χ2n) is 5.92. The van der Waals surface area contributed by atoms with Crippen LogP contribution in [0.3, 0.4) is 0 Å². The van der Waals surface area contributed by atoms with Gasteiger partial charge in [0.1, 0.15) is 23.2 Å². The van der Waals surface area contributed by atoms with Crippen molar-refractivity contribution < 1.29 is 18.7 Å². The maximum Gasteiger partial charge on any atom is 0.338 e. The van der Waals surface area contributed by atoms with Crippen LogP contribution in [0.4, 0.5) is 4.39 Å². The highest BCUT2D eigenvalue weighted by molar-refractivity contribution is 9.10. The SMILES string of the molecule is CCOC(=O)C1=C(c2ccccc2)OC(N)=C(C#N)C1c1cc(Br)ccc1F. The zero-order chi connectivity index (χ0) is 20.3. The number of carbonyl (C=O) groups excluding carboxylic acids is 1. The smallest absolute Gasteiger partial charge is 0.338 e. The average Bonchev–Trinajstić information content (AvgIpc) is 2.69. The van der Waals surface area contributed by atoms with Gasteiger partial charge < -0.3 is 15.2 Å². The van der Waals surface area contributed by atoms with E-state index in [1.54, 1.807) is 31.2 Å². The van der Waals surface area contributed by atoms with Crippen LogP contribution in [0.5, 0.6) is 0 Å². The van der Waals surface area contributed by atoms with Gasteiger partial charge in [0.15, 0.2) is 0 Å². The Bertz CT molecular complexity index is 1030. The second-order valence-corrected chi connectivity index (χ2v) is 6.84. The summed E-state index contributed by atoms with van der Waals surface area (Å²) < 4.78 is 26.2. The molecule has 0 aromatic heterocycles. The summed E-state index contributed by atoms with van der Waals surface area (Å²) in [4.78, 5) is 12.9. The molecule has 0 fully saturated rings.